The Morgan fingerprint density at radius 1 is 1.21 bits per heavy atom. The number of carbonyl (C=O) groups is 1. The molecule has 3 heterocycles. The summed E-state index contributed by atoms with van der Waals surface area (Å²) in [7, 11) is 0. The van der Waals surface area contributed by atoms with E-state index >= 15 is 0 Å². The van der Waals surface area contributed by atoms with Crippen molar-refractivity contribution in [3.63, 3.8) is 0 Å². The number of benzene rings is 1. The number of ether oxygens (including phenoxy) is 1. The summed E-state index contributed by atoms with van der Waals surface area (Å²) in [6.45, 7) is 3.58. The molecule has 2 fully saturated rings. The average molecular weight is 386 g/mol. The Kier molecular flexibility index (Phi) is 5.90. The molecule has 1 atom stereocenters. The van der Waals surface area contributed by atoms with Crippen LogP contribution in [-0.2, 0) is 11.2 Å². The summed E-state index contributed by atoms with van der Waals surface area (Å²) in [5, 5.41) is 7.54. The summed E-state index contributed by atoms with van der Waals surface area (Å²) in [4.78, 5) is 16.7. The monoisotopic (exact) mass is 386 g/mol. The third-order valence-corrected chi connectivity index (χ3v) is 5.62. The number of nitrogens with zero attached hydrogens (tertiary/aromatic N) is 3. The molecule has 1 aromatic carbocycles. The molecule has 0 radical (unpaired) electrons. The van der Waals surface area contributed by atoms with Gasteiger partial charge in [0.05, 0.1) is 24.9 Å². The predicted octanol–water partition coefficient (Wildman–Crippen LogP) is 2.93. The van der Waals surface area contributed by atoms with Crippen LogP contribution in [0.25, 0.3) is 0 Å². The van der Waals surface area contributed by atoms with Gasteiger partial charge in [-0.3, -0.25) is 14.8 Å². The normalized spacial score (nSPS) is 20.0. The molecule has 1 N–H and O–H groups in total. The Morgan fingerprint density at radius 3 is 2.86 bits per heavy atom. The third kappa shape index (κ3) is 4.35. The van der Waals surface area contributed by atoms with Crippen LogP contribution in [0.4, 0.5) is 4.39 Å². The van der Waals surface area contributed by atoms with Gasteiger partial charge in [-0.2, -0.15) is 5.10 Å². The van der Waals surface area contributed by atoms with Crippen molar-refractivity contribution < 1.29 is 13.9 Å². The van der Waals surface area contributed by atoms with E-state index in [1.54, 1.807) is 18.2 Å². The highest BCUT2D eigenvalue weighted by atomic mass is 19.1. The van der Waals surface area contributed by atoms with Crippen molar-refractivity contribution in [2.24, 2.45) is 0 Å². The number of halogens is 1. The van der Waals surface area contributed by atoms with Crippen LogP contribution < -0.4 is 4.74 Å². The zero-order valence-electron chi connectivity index (χ0n) is 16.1. The molecule has 1 amide bonds. The molecule has 4 rings (SSSR count). The van der Waals surface area contributed by atoms with E-state index in [2.05, 4.69) is 15.1 Å². The first-order valence-corrected chi connectivity index (χ1v) is 10.1. The molecule has 0 aliphatic carbocycles. The Balaban J connectivity index is 1.31. The summed E-state index contributed by atoms with van der Waals surface area (Å²) >= 11 is 0. The Morgan fingerprint density at radius 2 is 2.04 bits per heavy atom. The van der Waals surface area contributed by atoms with Crippen molar-refractivity contribution in [2.45, 2.75) is 38.1 Å². The molecular weight excluding hydrogens is 359 g/mol. The molecule has 0 spiro atoms. The fourth-order valence-electron chi connectivity index (χ4n) is 4.10. The van der Waals surface area contributed by atoms with Crippen LogP contribution in [-0.4, -0.2) is 58.7 Å². The summed E-state index contributed by atoms with van der Waals surface area (Å²) < 4.78 is 19.1. The number of H-pyrrole nitrogens is 1. The fourth-order valence-corrected chi connectivity index (χ4v) is 4.10. The standard InChI is InChI=1S/C21H27FN4O2/c22-17-6-1-2-8-20(17)28-13-9-16-14-18(24-23-16)19-7-5-12-26(19)15-21(27)25-10-3-4-11-25/h1-2,6,8,14,19H,3-5,7,9-13,15H2,(H,23,24). The highest BCUT2D eigenvalue weighted by Gasteiger charge is 2.31. The van der Waals surface area contributed by atoms with Gasteiger partial charge in [0.15, 0.2) is 11.6 Å². The fraction of sp³-hybridized carbons (Fsp3) is 0.524. The highest BCUT2D eigenvalue weighted by Crippen LogP contribution is 2.31. The third-order valence-electron chi connectivity index (χ3n) is 5.62. The lowest BCUT2D eigenvalue weighted by Gasteiger charge is -2.25. The van der Waals surface area contributed by atoms with Gasteiger partial charge in [-0.05, 0) is 50.4 Å². The van der Waals surface area contributed by atoms with Crippen molar-refractivity contribution in [2.75, 3.05) is 32.8 Å². The van der Waals surface area contributed by atoms with E-state index < -0.39 is 0 Å². The molecule has 0 bridgehead atoms. The first-order chi connectivity index (χ1) is 13.7. The molecular formula is C21H27FN4O2. The van der Waals surface area contributed by atoms with Gasteiger partial charge in [-0.1, -0.05) is 12.1 Å². The number of nitrogens with one attached hydrogen (secondary N) is 1. The first kappa shape index (κ1) is 18.9. The number of amides is 1. The minimum Gasteiger partial charge on any atom is -0.490 e. The number of hydrogen-bond donors (Lipinski definition) is 1. The molecule has 7 heteroatoms. The van der Waals surface area contributed by atoms with Crippen LogP contribution in [0.15, 0.2) is 30.3 Å². The lowest BCUT2D eigenvalue weighted by Crippen LogP contribution is -2.38. The Hall–Kier alpha value is -2.41. The second-order valence-corrected chi connectivity index (χ2v) is 7.56. The minimum atomic E-state index is -0.350. The van der Waals surface area contributed by atoms with E-state index in [1.807, 2.05) is 11.0 Å². The summed E-state index contributed by atoms with van der Waals surface area (Å²) in [6, 6.07) is 8.65. The van der Waals surface area contributed by atoms with Crippen molar-refractivity contribution in [3.8, 4) is 5.75 Å². The number of rotatable bonds is 7. The molecule has 2 aliphatic rings. The predicted molar refractivity (Wildman–Crippen MR) is 104 cm³/mol. The van der Waals surface area contributed by atoms with Gasteiger partial charge in [0, 0.05) is 25.2 Å². The number of aromatic amines is 1. The quantitative estimate of drug-likeness (QED) is 0.795. The van der Waals surface area contributed by atoms with Gasteiger partial charge in [-0.25, -0.2) is 4.39 Å². The Labute approximate surface area is 164 Å². The second kappa shape index (κ2) is 8.73. The van der Waals surface area contributed by atoms with Gasteiger partial charge in [0.1, 0.15) is 0 Å². The van der Waals surface area contributed by atoms with Gasteiger partial charge in [0.25, 0.3) is 0 Å². The molecule has 150 valence electrons. The number of para-hydroxylation sites is 1. The zero-order valence-corrected chi connectivity index (χ0v) is 16.1. The summed E-state index contributed by atoms with van der Waals surface area (Å²) in [5.74, 6) is 0.153. The first-order valence-electron chi connectivity index (χ1n) is 10.1. The van der Waals surface area contributed by atoms with Gasteiger partial charge < -0.3 is 9.64 Å². The van der Waals surface area contributed by atoms with E-state index in [9.17, 15) is 9.18 Å². The highest BCUT2D eigenvalue weighted by molar-refractivity contribution is 5.78. The number of hydrogen-bond acceptors (Lipinski definition) is 4. The van der Waals surface area contributed by atoms with E-state index in [4.69, 9.17) is 4.74 Å². The maximum absolute atomic E-state index is 13.6. The molecule has 1 aromatic heterocycles. The van der Waals surface area contributed by atoms with Gasteiger partial charge in [-0.15, -0.1) is 0 Å². The van der Waals surface area contributed by atoms with Crippen molar-refractivity contribution >= 4 is 5.91 Å². The van der Waals surface area contributed by atoms with Crippen LogP contribution in [0.3, 0.4) is 0 Å². The van der Waals surface area contributed by atoms with E-state index in [-0.39, 0.29) is 23.5 Å². The maximum Gasteiger partial charge on any atom is 0.236 e. The van der Waals surface area contributed by atoms with Crippen LogP contribution in [0.2, 0.25) is 0 Å². The Bertz CT molecular complexity index is 803. The summed E-state index contributed by atoms with van der Waals surface area (Å²) in [5.41, 5.74) is 1.94. The van der Waals surface area contributed by atoms with Crippen molar-refractivity contribution in [1.29, 1.82) is 0 Å². The molecule has 1 unspecified atom stereocenters. The maximum atomic E-state index is 13.6. The number of carbonyl (C=O) groups excluding carboxylic acids is 1. The van der Waals surface area contributed by atoms with E-state index in [0.29, 0.717) is 19.6 Å². The smallest absolute Gasteiger partial charge is 0.236 e. The van der Waals surface area contributed by atoms with E-state index in [1.165, 1.54) is 6.07 Å². The van der Waals surface area contributed by atoms with Crippen LogP contribution in [0.5, 0.6) is 5.75 Å². The van der Waals surface area contributed by atoms with Crippen molar-refractivity contribution in [1.82, 2.24) is 20.0 Å². The lowest BCUT2D eigenvalue weighted by molar-refractivity contribution is -0.131. The topological polar surface area (TPSA) is 61.5 Å². The van der Waals surface area contributed by atoms with Gasteiger partial charge >= 0.3 is 0 Å². The van der Waals surface area contributed by atoms with E-state index in [0.717, 1.165) is 56.7 Å². The SMILES string of the molecule is O=C(CN1CCCC1c1cc(CCOc2ccccc2F)[nH]n1)N1CCCC1. The average Bonchev–Trinajstić information content (AvgIpc) is 3.45. The lowest BCUT2D eigenvalue weighted by atomic mass is 10.1. The van der Waals surface area contributed by atoms with Crippen LogP contribution in [0, 0.1) is 5.82 Å². The van der Waals surface area contributed by atoms with Crippen LogP contribution >= 0.6 is 0 Å². The minimum absolute atomic E-state index is 0.184. The molecule has 28 heavy (non-hydrogen) atoms. The molecule has 0 saturated carbocycles. The number of likely N-dealkylation sites (tertiary alicyclic amines) is 2. The summed E-state index contributed by atoms with van der Waals surface area (Å²) in [6.07, 6.45) is 4.96. The van der Waals surface area contributed by atoms with Crippen LogP contribution in [0.1, 0.15) is 43.1 Å². The molecule has 2 saturated heterocycles. The van der Waals surface area contributed by atoms with Crippen molar-refractivity contribution in [3.05, 3.63) is 47.5 Å². The zero-order chi connectivity index (χ0) is 19.3. The second-order valence-electron chi connectivity index (χ2n) is 7.56. The van der Waals surface area contributed by atoms with Gasteiger partial charge in [0.2, 0.25) is 5.91 Å². The molecule has 6 nitrogen and oxygen atoms in total. The number of aromatic nitrogens is 2. The largest absolute Gasteiger partial charge is 0.490 e. The molecule has 2 aromatic rings. The molecule has 2 aliphatic heterocycles.